The average Bonchev–Trinajstić information content (AvgIpc) is 2.47. The molecule has 0 atom stereocenters. The van der Waals surface area contributed by atoms with Gasteiger partial charge in [-0.1, -0.05) is 23.7 Å². The van der Waals surface area contributed by atoms with Gasteiger partial charge in [-0.3, -0.25) is 0 Å². The molecule has 2 N–H and O–H groups in total. The Labute approximate surface area is 99.8 Å². The van der Waals surface area contributed by atoms with Crippen molar-refractivity contribution in [3.05, 3.63) is 46.1 Å². The highest BCUT2D eigenvalue weighted by Crippen LogP contribution is 2.17. The molecule has 0 radical (unpaired) electrons. The smallest absolute Gasteiger partial charge is 0.125 e. The van der Waals surface area contributed by atoms with E-state index in [0.29, 0.717) is 6.54 Å². The number of hydrogen-bond acceptors (Lipinski definition) is 2. The van der Waals surface area contributed by atoms with Gasteiger partial charge in [-0.15, -0.1) is 0 Å². The summed E-state index contributed by atoms with van der Waals surface area (Å²) in [4.78, 5) is 0. The number of benzene rings is 1. The molecule has 0 fully saturated rings. The maximum Gasteiger partial charge on any atom is 0.125 e. The van der Waals surface area contributed by atoms with Crippen molar-refractivity contribution in [1.29, 1.82) is 0 Å². The molecule has 0 aliphatic carbocycles. The van der Waals surface area contributed by atoms with Crippen LogP contribution in [0.5, 0.6) is 0 Å². The lowest BCUT2D eigenvalue weighted by molar-refractivity contribution is 0.689. The van der Waals surface area contributed by atoms with Crippen LogP contribution in [0.2, 0.25) is 5.02 Å². The molecule has 84 valence electrons. The number of nitrogen functional groups attached to an aromatic ring is 1. The Bertz CT molecular complexity index is 517. The minimum atomic E-state index is 0.654. The predicted octanol–water partition coefficient (Wildman–Crippen LogP) is 2.78. The summed E-state index contributed by atoms with van der Waals surface area (Å²) in [5.74, 6) is 0.720. The standard InChI is InChI=1S/C12H14ClN3/c1-8-9(2)15-16(12(8)14)7-10-4-3-5-11(13)6-10/h3-6H,7,14H2,1-2H3. The van der Waals surface area contributed by atoms with E-state index in [1.54, 1.807) is 4.68 Å². The molecule has 2 rings (SSSR count). The number of halogens is 1. The maximum absolute atomic E-state index is 5.96. The number of aryl methyl sites for hydroxylation is 1. The highest BCUT2D eigenvalue weighted by molar-refractivity contribution is 6.30. The zero-order valence-electron chi connectivity index (χ0n) is 9.37. The summed E-state index contributed by atoms with van der Waals surface area (Å²) in [7, 11) is 0. The van der Waals surface area contributed by atoms with Crippen molar-refractivity contribution in [3.8, 4) is 0 Å². The van der Waals surface area contributed by atoms with Crippen molar-refractivity contribution in [2.75, 3.05) is 5.73 Å². The average molecular weight is 236 g/mol. The zero-order chi connectivity index (χ0) is 11.7. The fourth-order valence-electron chi connectivity index (χ4n) is 1.62. The Morgan fingerprint density at radius 1 is 1.38 bits per heavy atom. The molecule has 0 aliphatic rings. The highest BCUT2D eigenvalue weighted by Gasteiger charge is 2.08. The van der Waals surface area contributed by atoms with Gasteiger partial charge in [-0.25, -0.2) is 4.68 Å². The van der Waals surface area contributed by atoms with Crippen LogP contribution < -0.4 is 5.73 Å². The van der Waals surface area contributed by atoms with Gasteiger partial charge in [0.2, 0.25) is 0 Å². The monoisotopic (exact) mass is 235 g/mol. The van der Waals surface area contributed by atoms with Gasteiger partial charge in [-0.2, -0.15) is 5.10 Å². The van der Waals surface area contributed by atoms with E-state index in [1.165, 1.54) is 0 Å². The summed E-state index contributed by atoms with van der Waals surface area (Å²) in [5.41, 5.74) is 9.07. The molecule has 4 heteroatoms. The van der Waals surface area contributed by atoms with Crippen molar-refractivity contribution in [3.63, 3.8) is 0 Å². The number of hydrogen-bond donors (Lipinski definition) is 1. The van der Waals surface area contributed by atoms with Crippen molar-refractivity contribution in [2.24, 2.45) is 0 Å². The van der Waals surface area contributed by atoms with Crippen LogP contribution in [0.15, 0.2) is 24.3 Å². The van der Waals surface area contributed by atoms with E-state index < -0.39 is 0 Å². The minimum absolute atomic E-state index is 0.654. The van der Waals surface area contributed by atoms with E-state index in [2.05, 4.69) is 5.10 Å². The van der Waals surface area contributed by atoms with Crippen LogP contribution in [-0.4, -0.2) is 9.78 Å². The van der Waals surface area contributed by atoms with E-state index in [9.17, 15) is 0 Å². The van der Waals surface area contributed by atoms with Gasteiger partial charge in [0.1, 0.15) is 5.82 Å². The summed E-state index contributed by atoms with van der Waals surface area (Å²) < 4.78 is 1.80. The summed E-state index contributed by atoms with van der Waals surface area (Å²) in [6.07, 6.45) is 0. The molecule has 0 unspecified atom stereocenters. The number of anilines is 1. The van der Waals surface area contributed by atoms with Crippen molar-refractivity contribution >= 4 is 17.4 Å². The van der Waals surface area contributed by atoms with Crippen molar-refractivity contribution < 1.29 is 0 Å². The Kier molecular flexibility index (Phi) is 2.88. The molecule has 0 aliphatic heterocycles. The molecule has 0 bridgehead atoms. The summed E-state index contributed by atoms with van der Waals surface area (Å²) in [6.45, 7) is 4.59. The Balaban J connectivity index is 2.30. The van der Waals surface area contributed by atoms with E-state index in [0.717, 1.165) is 27.7 Å². The molecule has 1 heterocycles. The van der Waals surface area contributed by atoms with Crippen LogP contribution in [0.3, 0.4) is 0 Å². The highest BCUT2D eigenvalue weighted by atomic mass is 35.5. The van der Waals surface area contributed by atoms with E-state index in [1.807, 2.05) is 38.1 Å². The Morgan fingerprint density at radius 3 is 2.69 bits per heavy atom. The van der Waals surface area contributed by atoms with Gasteiger partial charge in [0.25, 0.3) is 0 Å². The first-order valence-corrected chi connectivity index (χ1v) is 5.49. The molecule has 16 heavy (non-hydrogen) atoms. The predicted molar refractivity (Wildman–Crippen MR) is 66.7 cm³/mol. The second-order valence-electron chi connectivity index (χ2n) is 3.88. The molecular weight excluding hydrogens is 222 g/mol. The molecule has 1 aromatic carbocycles. The molecule has 0 amide bonds. The van der Waals surface area contributed by atoms with Crippen LogP contribution in [0.4, 0.5) is 5.82 Å². The van der Waals surface area contributed by atoms with Crippen LogP contribution in [-0.2, 0) is 6.54 Å². The second-order valence-corrected chi connectivity index (χ2v) is 4.32. The number of nitrogens with zero attached hydrogens (tertiary/aromatic N) is 2. The third kappa shape index (κ3) is 2.04. The first kappa shape index (κ1) is 11.0. The van der Waals surface area contributed by atoms with Crippen molar-refractivity contribution in [1.82, 2.24) is 9.78 Å². The molecule has 2 aromatic rings. The summed E-state index contributed by atoms with van der Waals surface area (Å²) in [5, 5.41) is 5.12. The van der Waals surface area contributed by atoms with Gasteiger partial charge < -0.3 is 5.73 Å². The van der Waals surface area contributed by atoms with Gasteiger partial charge in [0.15, 0.2) is 0 Å². The second kappa shape index (κ2) is 4.18. The molecular formula is C12H14ClN3. The largest absolute Gasteiger partial charge is 0.384 e. The van der Waals surface area contributed by atoms with Gasteiger partial charge in [-0.05, 0) is 31.5 Å². The quantitative estimate of drug-likeness (QED) is 0.870. The van der Waals surface area contributed by atoms with Crippen LogP contribution >= 0.6 is 11.6 Å². The van der Waals surface area contributed by atoms with E-state index in [-0.39, 0.29) is 0 Å². The number of aromatic nitrogens is 2. The van der Waals surface area contributed by atoms with E-state index in [4.69, 9.17) is 17.3 Å². The molecule has 0 saturated heterocycles. The SMILES string of the molecule is Cc1nn(Cc2cccc(Cl)c2)c(N)c1C. The Hall–Kier alpha value is -1.48. The lowest BCUT2D eigenvalue weighted by Crippen LogP contribution is -2.06. The van der Waals surface area contributed by atoms with Crippen molar-refractivity contribution in [2.45, 2.75) is 20.4 Å². The minimum Gasteiger partial charge on any atom is -0.384 e. The molecule has 3 nitrogen and oxygen atoms in total. The van der Waals surface area contributed by atoms with Gasteiger partial charge >= 0.3 is 0 Å². The molecule has 0 spiro atoms. The van der Waals surface area contributed by atoms with Crippen LogP contribution in [0, 0.1) is 13.8 Å². The lowest BCUT2D eigenvalue weighted by atomic mass is 10.2. The van der Waals surface area contributed by atoms with Gasteiger partial charge in [0.05, 0.1) is 12.2 Å². The van der Waals surface area contributed by atoms with Gasteiger partial charge in [0, 0.05) is 10.6 Å². The summed E-state index contributed by atoms with van der Waals surface area (Å²) in [6, 6.07) is 7.72. The zero-order valence-corrected chi connectivity index (χ0v) is 10.1. The first-order valence-electron chi connectivity index (χ1n) is 5.12. The molecule has 0 saturated carbocycles. The van der Waals surface area contributed by atoms with Crippen LogP contribution in [0.25, 0.3) is 0 Å². The van der Waals surface area contributed by atoms with Crippen LogP contribution in [0.1, 0.15) is 16.8 Å². The first-order chi connectivity index (χ1) is 7.58. The molecule has 1 aromatic heterocycles. The third-order valence-corrected chi connectivity index (χ3v) is 2.93. The lowest BCUT2D eigenvalue weighted by Gasteiger charge is -2.04. The van der Waals surface area contributed by atoms with E-state index >= 15 is 0 Å². The normalized spacial score (nSPS) is 10.7. The fraction of sp³-hybridized carbons (Fsp3) is 0.250. The maximum atomic E-state index is 5.96. The number of rotatable bonds is 2. The Morgan fingerprint density at radius 2 is 2.12 bits per heavy atom. The topological polar surface area (TPSA) is 43.8 Å². The summed E-state index contributed by atoms with van der Waals surface area (Å²) >= 11 is 5.93. The number of nitrogens with two attached hydrogens (primary N) is 1. The third-order valence-electron chi connectivity index (χ3n) is 2.70. The fourth-order valence-corrected chi connectivity index (χ4v) is 1.83.